The lowest BCUT2D eigenvalue weighted by Crippen LogP contribution is -2.03. The molecular weight excluding hydrogens is 282 g/mol. The summed E-state index contributed by atoms with van der Waals surface area (Å²) in [6, 6.07) is 22.0. The minimum Gasteiger partial charge on any atom is -0.325 e. The third kappa shape index (κ3) is 3.45. The molecule has 1 heterocycles. The van der Waals surface area contributed by atoms with E-state index in [1.807, 2.05) is 66.7 Å². The summed E-state index contributed by atoms with van der Waals surface area (Å²) in [6.45, 7) is 0.405. The van der Waals surface area contributed by atoms with Gasteiger partial charge in [0.2, 0.25) is 0 Å². The lowest BCUT2D eigenvalue weighted by Gasteiger charge is -2.07. The molecule has 0 aliphatic heterocycles. The summed E-state index contributed by atoms with van der Waals surface area (Å²) in [4.78, 5) is 9.17. The first-order valence-corrected chi connectivity index (χ1v) is 6.55. The van der Waals surface area contributed by atoms with E-state index in [4.69, 9.17) is 5.73 Å². The van der Waals surface area contributed by atoms with E-state index in [1.165, 1.54) is 0 Å². The maximum Gasteiger partial charge on any atom is 0.160 e. The second kappa shape index (κ2) is 6.97. The molecule has 0 aliphatic rings. The number of hydrogen-bond acceptors (Lipinski definition) is 3. The van der Waals surface area contributed by atoms with Gasteiger partial charge in [0.15, 0.2) is 5.82 Å². The Balaban J connectivity index is 0.00000161. The third-order valence-corrected chi connectivity index (χ3v) is 3.09. The van der Waals surface area contributed by atoms with Gasteiger partial charge in [-0.1, -0.05) is 60.7 Å². The number of nitrogens with two attached hydrogens (primary N) is 1. The molecule has 2 aromatic carbocycles. The van der Waals surface area contributed by atoms with Crippen LogP contribution in [0.5, 0.6) is 0 Å². The van der Waals surface area contributed by atoms with Crippen molar-refractivity contribution in [3.8, 4) is 22.6 Å². The van der Waals surface area contributed by atoms with Crippen LogP contribution in [0.1, 0.15) is 5.69 Å². The number of aromatic nitrogens is 2. The van der Waals surface area contributed by atoms with Crippen LogP contribution < -0.4 is 5.73 Å². The molecule has 0 saturated carbocycles. The van der Waals surface area contributed by atoms with Crippen LogP contribution in [0.3, 0.4) is 0 Å². The van der Waals surface area contributed by atoms with Crippen molar-refractivity contribution in [2.75, 3.05) is 0 Å². The standard InChI is InChI=1S/C17H15N3.ClH/c18-12-15-11-16(13-7-3-1-4-8-13)20-17(19-15)14-9-5-2-6-10-14;/h1-11H,12,18H2;1H. The SMILES string of the molecule is Cl.NCc1cc(-c2ccccc2)nc(-c2ccccc2)n1. The Morgan fingerprint density at radius 2 is 1.33 bits per heavy atom. The molecule has 21 heavy (non-hydrogen) atoms. The zero-order valence-electron chi connectivity index (χ0n) is 11.4. The molecule has 0 radical (unpaired) electrons. The number of rotatable bonds is 3. The fraction of sp³-hybridized carbons (Fsp3) is 0.0588. The van der Waals surface area contributed by atoms with Crippen molar-refractivity contribution in [3.63, 3.8) is 0 Å². The van der Waals surface area contributed by atoms with Crippen LogP contribution in [-0.2, 0) is 6.54 Å². The minimum absolute atomic E-state index is 0. The molecule has 0 spiro atoms. The molecule has 4 heteroatoms. The van der Waals surface area contributed by atoms with Gasteiger partial charge < -0.3 is 5.73 Å². The molecule has 0 atom stereocenters. The topological polar surface area (TPSA) is 51.8 Å². The van der Waals surface area contributed by atoms with E-state index in [0.717, 1.165) is 22.5 Å². The maximum absolute atomic E-state index is 5.75. The average Bonchev–Trinajstić information content (AvgIpc) is 2.56. The summed E-state index contributed by atoms with van der Waals surface area (Å²) >= 11 is 0. The van der Waals surface area contributed by atoms with E-state index in [0.29, 0.717) is 12.4 Å². The molecule has 3 nitrogen and oxygen atoms in total. The van der Waals surface area contributed by atoms with E-state index >= 15 is 0 Å². The van der Waals surface area contributed by atoms with E-state index < -0.39 is 0 Å². The van der Waals surface area contributed by atoms with Crippen molar-refractivity contribution >= 4 is 12.4 Å². The highest BCUT2D eigenvalue weighted by Gasteiger charge is 2.07. The number of halogens is 1. The van der Waals surface area contributed by atoms with Gasteiger partial charge in [0.25, 0.3) is 0 Å². The summed E-state index contributed by atoms with van der Waals surface area (Å²) in [6.07, 6.45) is 0. The van der Waals surface area contributed by atoms with Gasteiger partial charge in [-0.15, -0.1) is 12.4 Å². The fourth-order valence-electron chi connectivity index (χ4n) is 2.08. The van der Waals surface area contributed by atoms with Crippen molar-refractivity contribution in [2.24, 2.45) is 5.73 Å². The number of nitrogens with zero attached hydrogens (tertiary/aromatic N) is 2. The molecule has 3 aromatic rings. The van der Waals surface area contributed by atoms with E-state index in [-0.39, 0.29) is 12.4 Å². The first-order valence-electron chi connectivity index (χ1n) is 6.55. The lowest BCUT2D eigenvalue weighted by atomic mass is 10.1. The summed E-state index contributed by atoms with van der Waals surface area (Å²) < 4.78 is 0. The molecule has 106 valence electrons. The zero-order valence-corrected chi connectivity index (χ0v) is 12.3. The fourth-order valence-corrected chi connectivity index (χ4v) is 2.08. The van der Waals surface area contributed by atoms with Gasteiger partial charge in [-0.2, -0.15) is 0 Å². The van der Waals surface area contributed by atoms with Crippen LogP contribution in [0, 0.1) is 0 Å². The monoisotopic (exact) mass is 297 g/mol. The summed E-state index contributed by atoms with van der Waals surface area (Å²) in [5, 5.41) is 0. The molecule has 0 amide bonds. The highest BCUT2D eigenvalue weighted by Crippen LogP contribution is 2.22. The van der Waals surface area contributed by atoms with Gasteiger partial charge in [-0.3, -0.25) is 0 Å². The van der Waals surface area contributed by atoms with Gasteiger partial charge >= 0.3 is 0 Å². The molecule has 0 bridgehead atoms. The van der Waals surface area contributed by atoms with Gasteiger partial charge in [0.05, 0.1) is 11.4 Å². The Morgan fingerprint density at radius 1 is 0.762 bits per heavy atom. The normalized spacial score (nSPS) is 9.95. The van der Waals surface area contributed by atoms with E-state index in [2.05, 4.69) is 9.97 Å². The lowest BCUT2D eigenvalue weighted by molar-refractivity contribution is 0.972. The van der Waals surface area contributed by atoms with Crippen LogP contribution in [0.15, 0.2) is 66.7 Å². The Kier molecular flexibility index (Phi) is 5.04. The van der Waals surface area contributed by atoms with Gasteiger partial charge in [-0.25, -0.2) is 9.97 Å². The van der Waals surface area contributed by atoms with Crippen molar-refractivity contribution in [3.05, 3.63) is 72.4 Å². The predicted octanol–water partition coefficient (Wildman–Crippen LogP) is 3.69. The Bertz CT molecular complexity index is 642. The van der Waals surface area contributed by atoms with Gasteiger partial charge in [0.1, 0.15) is 0 Å². The van der Waals surface area contributed by atoms with Gasteiger partial charge in [-0.05, 0) is 6.07 Å². The Labute approximate surface area is 130 Å². The summed E-state index contributed by atoms with van der Waals surface area (Å²) in [5.41, 5.74) is 9.57. The van der Waals surface area contributed by atoms with Crippen LogP contribution in [0.4, 0.5) is 0 Å². The Hall–Kier alpha value is -2.23. The van der Waals surface area contributed by atoms with E-state index in [9.17, 15) is 0 Å². The highest BCUT2D eigenvalue weighted by molar-refractivity contribution is 5.85. The smallest absolute Gasteiger partial charge is 0.160 e. The second-order valence-electron chi connectivity index (χ2n) is 4.50. The highest BCUT2D eigenvalue weighted by atomic mass is 35.5. The van der Waals surface area contributed by atoms with Crippen LogP contribution >= 0.6 is 12.4 Å². The summed E-state index contributed by atoms with van der Waals surface area (Å²) in [7, 11) is 0. The van der Waals surface area contributed by atoms with Crippen LogP contribution in [0.25, 0.3) is 22.6 Å². The van der Waals surface area contributed by atoms with Crippen LogP contribution in [-0.4, -0.2) is 9.97 Å². The summed E-state index contributed by atoms with van der Waals surface area (Å²) in [5.74, 6) is 0.715. The van der Waals surface area contributed by atoms with Crippen molar-refractivity contribution in [1.82, 2.24) is 9.97 Å². The Morgan fingerprint density at radius 3 is 1.90 bits per heavy atom. The molecule has 1 aromatic heterocycles. The first-order chi connectivity index (χ1) is 9.86. The number of hydrogen-bond donors (Lipinski definition) is 1. The van der Waals surface area contributed by atoms with Crippen molar-refractivity contribution < 1.29 is 0 Å². The molecule has 0 unspecified atom stereocenters. The second-order valence-corrected chi connectivity index (χ2v) is 4.50. The molecule has 0 saturated heterocycles. The average molecular weight is 298 g/mol. The molecule has 2 N–H and O–H groups in total. The molecule has 3 rings (SSSR count). The van der Waals surface area contributed by atoms with Crippen molar-refractivity contribution in [2.45, 2.75) is 6.54 Å². The van der Waals surface area contributed by atoms with Crippen molar-refractivity contribution in [1.29, 1.82) is 0 Å². The number of benzene rings is 2. The van der Waals surface area contributed by atoms with E-state index in [1.54, 1.807) is 0 Å². The minimum atomic E-state index is 0. The molecule has 0 fully saturated rings. The van der Waals surface area contributed by atoms with Gasteiger partial charge in [0, 0.05) is 17.7 Å². The third-order valence-electron chi connectivity index (χ3n) is 3.09. The van der Waals surface area contributed by atoms with Crippen LogP contribution in [0.2, 0.25) is 0 Å². The largest absolute Gasteiger partial charge is 0.325 e. The zero-order chi connectivity index (χ0) is 13.8. The quantitative estimate of drug-likeness (QED) is 0.802. The maximum atomic E-state index is 5.75. The molecule has 0 aliphatic carbocycles. The molecular formula is C17H16ClN3. The first kappa shape index (κ1) is 15.2. The predicted molar refractivity (Wildman–Crippen MR) is 88.0 cm³/mol.